The van der Waals surface area contributed by atoms with Gasteiger partial charge in [-0.15, -0.1) is 0 Å². The van der Waals surface area contributed by atoms with Gasteiger partial charge in [-0.1, -0.05) is 78.0 Å². The van der Waals surface area contributed by atoms with Gasteiger partial charge in [0.2, 0.25) is 0 Å². The molecule has 0 aromatic heterocycles. The highest BCUT2D eigenvalue weighted by atomic mass is 16.3. The minimum Gasteiger partial charge on any atom is -0.507 e. The number of rotatable bonds is 2. The molecule has 2 aromatic rings. The van der Waals surface area contributed by atoms with Crippen LogP contribution in [0.2, 0.25) is 0 Å². The minimum absolute atomic E-state index is 0.134. The minimum atomic E-state index is -0.134. The number of phenolic OH excluding ortho intramolecular Hbond substituents is 2. The lowest BCUT2D eigenvalue weighted by Gasteiger charge is -2.23. The number of aryl methyl sites for hydroxylation is 2. The van der Waals surface area contributed by atoms with Crippen LogP contribution in [0.1, 0.15) is 74.9 Å². The van der Waals surface area contributed by atoms with Crippen LogP contribution in [0.5, 0.6) is 11.5 Å². The Hall–Kier alpha value is -2.22. The molecular formula is C24H32O2. The van der Waals surface area contributed by atoms with Crippen molar-refractivity contribution >= 4 is 12.2 Å². The van der Waals surface area contributed by atoms with E-state index in [1.54, 1.807) is 0 Å². The second-order valence-electron chi connectivity index (χ2n) is 9.22. The summed E-state index contributed by atoms with van der Waals surface area (Å²) in [7, 11) is 0. The van der Waals surface area contributed by atoms with Gasteiger partial charge in [-0.25, -0.2) is 0 Å². The Balaban J connectivity index is 2.59. The van der Waals surface area contributed by atoms with Gasteiger partial charge in [0.15, 0.2) is 0 Å². The van der Waals surface area contributed by atoms with E-state index in [9.17, 15) is 10.2 Å². The zero-order valence-corrected chi connectivity index (χ0v) is 17.4. The van der Waals surface area contributed by atoms with Gasteiger partial charge in [0.25, 0.3) is 0 Å². The summed E-state index contributed by atoms with van der Waals surface area (Å²) in [6.45, 7) is 16.5. The van der Waals surface area contributed by atoms with Crippen LogP contribution < -0.4 is 0 Å². The molecule has 2 N–H and O–H groups in total. The lowest BCUT2D eigenvalue weighted by molar-refractivity contribution is 0.444. The predicted octanol–water partition coefficient (Wildman–Crippen LogP) is 6.48. The molecular weight excluding hydrogens is 320 g/mol. The maximum absolute atomic E-state index is 10.8. The molecule has 0 bridgehead atoms. The van der Waals surface area contributed by atoms with Gasteiger partial charge in [-0.2, -0.15) is 0 Å². The van der Waals surface area contributed by atoms with Crippen molar-refractivity contribution in [1.29, 1.82) is 0 Å². The molecule has 0 aliphatic carbocycles. The third-order valence-corrected chi connectivity index (χ3v) is 4.90. The maximum atomic E-state index is 10.8. The van der Waals surface area contributed by atoms with E-state index in [2.05, 4.69) is 41.5 Å². The first-order valence-corrected chi connectivity index (χ1v) is 9.18. The molecule has 0 aliphatic heterocycles. The fourth-order valence-corrected chi connectivity index (χ4v) is 3.22. The van der Waals surface area contributed by atoms with Crippen LogP contribution in [0.25, 0.3) is 12.2 Å². The highest BCUT2D eigenvalue weighted by molar-refractivity contribution is 5.79. The standard InChI is InChI=1S/C24H32O2/c1-15-9-13-19(23(3,4)5)21(25)17(15)11-12-18-16(2)10-14-20(22(18)26)24(6,7)8/h9-14,25-26H,1-8H3. The smallest absolute Gasteiger partial charge is 0.126 e. The van der Waals surface area contributed by atoms with Crippen molar-refractivity contribution in [3.63, 3.8) is 0 Å². The molecule has 2 nitrogen and oxygen atoms in total. The molecule has 0 spiro atoms. The molecule has 0 radical (unpaired) electrons. The Morgan fingerprint density at radius 1 is 0.615 bits per heavy atom. The molecule has 2 rings (SSSR count). The fraction of sp³-hybridized carbons (Fsp3) is 0.417. The van der Waals surface area contributed by atoms with E-state index in [0.29, 0.717) is 11.5 Å². The second-order valence-corrected chi connectivity index (χ2v) is 9.22. The van der Waals surface area contributed by atoms with E-state index in [0.717, 1.165) is 33.4 Å². The van der Waals surface area contributed by atoms with E-state index < -0.39 is 0 Å². The van der Waals surface area contributed by atoms with Crippen LogP contribution in [0.3, 0.4) is 0 Å². The van der Waals surface area contributed by atoms with Crippen LogP contribution in [0.15, 0.2) is 24.3 Å². The number of benzene rings is 2. The fourth-order valence-electron chi connectivity index (χ4n) is 3.22. The Kier molecular flexibility index (Phi) is 5.28. The van der Waals surface area contributed by atoms with Crippen molar-refractivity contribution in [2.75, 3.05) is 0 Å². The van der Waals surface area contributed by atoms with Crippen LogP contribution in [0, 0.1) is 13.8 Å². The quantitative estimate of drug-likeness (QED) is 0.607. The van der Waals surface area contributed by atoms with E-state index in [4.69, 9.17) is 0 Å². The van der Waals surface area contributed by atoms with Crippen LogP contribution in [0.4, 0.5) is 0 Å². The Morgan fingerprint density at radius 3 is 1.19 bits per heavy atom. The first kappa shape index (κ1) is 20.1. The summed E-state index contributed by atoms with van der Waals surface area (Å²) >= 11 is 0. The molecule has 2 aromatic carbocycles. The topological polar surface area (TPSA) is 40.5 Å². The largest absolute Gasteiger partial charge is 0.507 e. The van der Waals surface area contributed by atoms with Gasteiger partial charge in [-0.05, 0) is 46.9 Å². The summed E-state index contributed by atoms with van der Waals surface area (Å²) in [4.78, 5) is 0. The highest BCUT2D eigenvalue weighted by Gasteiger charge is 2.22. The van der Waals surface area contributed by atoms with Gasteiger partial charge in [0.1, 0.15) is 11.5 Å². The third-order valence-electron chi connectivity index (χ3n) is 4.90. The molecule has 0 heterocycles. The summed E-state index contributed by atoms with van der Waals surface area (Å²) in [6, 6.07) is 8.06. The van der Waals surface area contributed by atoms with Crippen LogP contribution in [-0.4, -0.2) is 10.2 Å². The van der Waals surface area contributed by atoms with E-state index in [-0.39, 0.29) is 10.8 Å². The van der Waals surface area contributed by atoms with Crippen molar-refractivity contribution in [3.05, 3.63) is 57.6 Å². The first-order valence-electron chi connectivity index (χ1n) is 9.18. The van der Waals surface area contributed by atoms with Crippen molar-refractivity contribution in [1.82, 2.24) is 0 Å². The number of phenols is 2. The van der Waals surface area contributed by atoms with Gasteiger partial charge < -0.3 is 10.2 Å². The van der Waals surface area contributed by atoms with Crippen molar-refractivity contribution in [2.24, 2.45) is 0 Å². The van der Waals surface area contributed by atoms with Gasteiger partial charge >= 0.3 is 0 Å². The second kappa shape index (κ2) is 6.83. The molecule has 0 saturated carbocycles. The van der Waals surface area contributed by atoms with Gasteiger partial charge in [-0.3, -0.25) is 0 Å². The average Bonchev–Trinajstić information content (AvgIpc) is 2.46. The van der Waals surface area contributed by atoms with Gasteiger partial charge in [0.05, 0.1) is 0 Å². The number of aromatic hydroxyl groups is 2. The van der Waals surface area contributed by atoms with Crippen molar-refractivity contribution in [2.45, 2.75) is 66.2 Å². The zero-order valence-electron chi connectivity index (χ0n) is 17.4. The normalized spacial score (nSPS) is 12.8. The molecule has 0 fully saturated rings. The summed E-state index contributed by atoms with van der Waals surface area (Å²) in [6.07, 6.45) is 3.82. The van der Waals surface area contributed by atoms with Crippen LogP contribution in [-0.2, 0) is 10.8 Å². The summed E-state index contributed by atoms with van der Waals surface area (Å²) in [5.41, 5.74) is 5.20. The third kappa shape index (κ3) is 3.95. The monoisotopic (exact) mass is 352 g/mol. The Labute approximate surface area is 158 Å². The summed E-state index contributed by atoms with van der Waals surface area (Å²) < 4.78 is 0. The Morgan fingerprint density at radius 2 is 0.923 bits per heavy atom. The predicted molar refractivity (Wildman–Crippen MR) is 112 cm³/mol. The molecule has 140 valence electrons. The molecule has 0 saturated heterocycles. The van der Waals surface area contributed by atoms with Crippen molar-refractivity contribution < 1.29 is 10.2 Å². The van der Waals surface area contributed by atoms with Gasteiger partial charge in [0, 0.05) is 11.1 Å². The molecule has 0 amide bonds. The molecule has 2 heteroatoms. The van der Waals surface area contributed by atoms with Crippen molar-refractivity contribution in [3.8, 4) is 11.5 Å². The number of hydrogen-bond acceptors (Lipinski definition) is 2. The molecule has 26 heavy (non-hydrogen) atoms. The average molecular weight is 353 g/mol. The maximum Gasteiger partial charge on any atom is 0.126 e. The lowest BCUT2D eigenvalue weighted by atomic mass is 9.83. The number of hydrogen-bond donors (Lipinski definition) is 2. The highest BCUT2D eigenvalue weighted by Crippen LogP contribution is 2.38. The zero-order chi connectivity index (χ0) is 19.9. The molecule has 0 atom stereocenters. The van der Waals surface area contributed by atoms with E-state index in [1.165, 1.54) is 0 Å². The summed E-state index contributed by atoms with van der Waals surface area (Å²) in [5.74, 6) is 0.635. The summed E-state index contributed by atoms with van der Waals surface area (Å²) in [5, 5.41) is 21.6. The SMILES string of the molecule is Cc1ccc(C(C)(C)C)c(O)c1C=Cc1c(C)ccc(C(C)(C)C)c1O. The Bertz CT molecular complexity index is 772. The van der Waals surface area contributed by atoms with Crippen LogP contribution >= 0.6 is 0 Å². The lowest BCUT2D eigenvalue weighted by Crippen LogP contribution is -2.12. The molecule has 0 unspecified atom stereocenters. The van der Waals surface area contributed by atoms with E-state index >= 15 is 0 Å². The first-order chi connectivity index (χ1) is 11.8. The molecule has 0 aliphatic rings. The van der Waals surface area contributed by atoms with E-state index in [1.807, 2.05) is 50.3 Å².